The van der Waals surface area contributed by atoms with Crippen LogP contribution in [-0.4, -0.2) is 19.5 Å². The predicted octanol–water partition coefficient (Wildman–Crippen LogP) is 11.3. The molecule has 0 fully saturated rings. The van der Waals surface area contributed by atoms with Crippen LogP contribution in [0.1, 0.15) is 12.5 Å². The summed E-state index contributed by atoms with van der Waals surface area (Å²) >= 11 is 0. The lowest BCUT2D eigenvalue weighted by Gasteiger charge is -2.12. The average molecular weight is 617 g/mol. The van der Waals surface area contributed by atoms with E-state index in [2.05, 4.69) is 109 Å². The molecule has 48 heavy (non-hydrogen) atoms. The number of para-hydroxylation sites is 1. The van der Waals surface area contributed by atoms with Gasteiger partial charge in [0.25, 0.3) is 0 Å². The van der Waals surface area contributed by atoms with E-state index in [9.17, 15) is 0 Å². The third-order valence-corrected chi connectivity index (χ3v) is 8.80. The number of aromatic nitrogens is 4. The van der Waals surface area contributed by atoms with Crippen molar-refractivity contribution in [2.45, 2.75) is 6.92 Å². The first-order valence-corrected chi connectivity index (χ1v) is 16.1. The molecular formula is C44H32N4. The van der Waals surface area contributed by atoms with Crippen LogP contribution < -0.4 is 0 Å². The Bertz CT molecular complexity index is 2460. The van der Waals surface area contributed by atoms with E-state index in [4.69, 9.17) is 15.0 Å². The quantitative estimate of drug-likeness (QED) is 0.167. The van der Waals surface area contributed by atoms with Crippen LogP contribution in [0, 0.1) is 0 Å². The fraction of sp³-hybridized carbons (Fsp3) is 0.0227. The molecule has 2 aromatic heterocycles. The van der Waals surface area contributed by atoms with Crippen molar-refractivity contribution in [1.29, 1.82) is 0 Å². The van der Waals surface area contributed by atoms with E-state index in [1.807, 2.05) is 72.8 Å². The van der Waals surface area contributed by atoms with Gasteiger partial charge in [-0.2, -0.15) is 0 Å². The molecule has 4 nitrogen and oxygen atoms in total. The monoisotopic (exact) mass is 616 g/mol. The first kappa shape index (κ1) is 29.0. The number of benzene rings is 6. The molecule has 0 aliphatic heterocycles. The summed E-state index contributed by atoms with van der Waals surface area (Å²) in [5, 5.41) is 4.88. The largest absolute Gasteiger partial charge is 0.309 e. The SMILES string of the molecule is C=C/C(=C\C=C(/C)c1ccccc1-c1nc(-c2ccccc2)nc(-c2ccccc2)n1)n1c2ccccc2c2cc3ccccc3cc21. The summed E-state index contributed by atoms with van der Waals surface area (Å²) in [7, 11) is 0. The lowest BCUT2D eigenvalue weighted by atomic mass is 9.99. The van der Waals surface area contributed by atoms with E-state index in [0.717, 1.165) is 44.6 Å². The van der Waals surface area contributed by atoms with Crippen LogP contribution in [0.5, 0.6) is 0 Å². The number of fused-ring (bicyclic) bond motifs is 4. The van der Waals surface area contributed by atoms with E-state index in [0.29, 0.717) is 17.5 Å². The first-order chi connectivity index (χ1) is 23.7. The standard InChI is InChI=1S/C44H32N4/c1-3-35(48-40-25-15-14-23-37(40)39-28-33-20-10-11-21-34(33)29-41(39)48)27-26-30(2)36-22-12-13-24-38(36)44-46-42(31-16-6-4-7-17-31)45-43(47-44)32-18-8-5-9-19-32/h3-29H,1H2,2H3/b30-26+,35-27+. The summed E-state index contributed by atoms with van der Waals surface area (Å²) in [4.78, 5) is 14.9. The number of nitrogens with zero attached hydrogens (tertiary/aromatic N) is 4. The average Bonchev–Trinajstić information content (AvgIpc) is 3.47. The summed E-state index contributed by atoms with van der Waals surface area (Å²) in [5.41, 5.74) is 8.26. The molecule has 6 aromatic carbocycles. The predicted molar refractivity (Wildman–Crippen MR) is 201 cm³/mol. The van der Waals surface area contributed by atoms with Gasteiger partial charge in [-0.15, -0.1) is 0 Å². The van der Waals surface area contributed by atoms with Crippen LogP contribution in [0.15, 0.2) is 170 Å². The van der Waals surface area contributed by atoms with E-state index in [1.54, 1.807) is 0 Å². The minimum atomic E-state index is 0.633. The number of hydrogen-bond donors (Lipinski definition) is 0. The van der Waals surface area contributed by atoms with E-state index in [-0.39, 0.29) is 0 Å². The van der Waals surface area contributed by atoms with Crippen LogP contribution in [-0.2, 0) is 0 Å². The van der Waals surface area contributed by atoms with Crippen molar-refractivity contribution in [3.8, 4) is 34.2 Å². The molecule has 0 aliphatic carbocycles. The molecule has 8 aromatic rings. The maximum Gasteiger partial charge on any atom is 0.164 e. The Labute approximate surface area is 279 Å². The van der Waals surface area contributed by atoms with Gasteiger partial charge in [-0.25, -0.2) is 15.0 Å². The lowest BCUT2D eigenvalue weighted by molar-refractivity contribution is 1.07. The zero-order chi connectivity index (χ0) is 32.5. The first-order valence-electron chi connectivity index (χ1n) is 16.1. The summed E-state index contributed by atoms with van der Waals surface area (Å²) in [6, 6.07) is 50.1. The lowest BCUT2D eigenvalue weighted by Crippen LogP contribution is -2.01. The highest BCUT2D eigenvalue weighted by molar-refractivity contribution is 6.14. The molecule has 0 bridgehead atoms. The Hall–Kier alpha value is -6.39. The van der Waals surface area contributed by atoms with Gasteiger partial charge in [-0.05, 0) is 59.2 Å². The Morgan fingerprint density at radius 2 is 1.10 bits per heavy atom. The minimum Gasteiger partial charge on any atom is -0.309 e. The highest BCUT2D eigenvalue weighted by atomic mass is 15.0. The van der Waals surface area contributed by atoms with Crippen molar-refractivity contribution in [2.75, 3.05) is 0 Å². The Balaban J connectivity index is 1.26. The van der Waals surface area contributed by atoms with Crippen LogP contribution in [0.4, 0.5) is 0 Å². The molecule has 0 aliphatic rings. The number of rotatable bonds is 7. The second-order valence-corrected chi connectivity index (χ2v) is 11.8. The van der Waals surface area contributed by atoms with Crippen molar-refractivity contribution in [1.82, 2.24) is 19.5 Å². The molecule has 0 radical (unpaired) electrons. The van der Waals surface area contributed by atoms with Gasteiger partial charge in [0, 0.05) is 33.2 Å². The van der Waals surface area contributed by atoms with Crippen molar-refractivity contribution in [3.63, 3.8) is 0 Å². The highest BCUT2D eigenvalue weighted by Gasteiger charge is 2.16. The van der Waals surface area contributed by atoms with Crippen LogP contribution in [0.25, 0.3) is 78.0 Å². The summed E-state index contributed by atoms with van der Waals surface area (Å²) in [5.74, 6) is 1.92. The highest BCUT2D eigenvalue weighted by Crippen LogP contribution is 2.35. The molecule has 0 unspecified atom stereocenters. The number of allylic oxidation sites excluding steroid dienone is 5. The molecular weight excluding hydrogens is 585 g/mol. The molecule has 2 heterocycles. The Morgan fingerprint density at radius 1 is 0.542 bits per heavy atom. The molecule has 0 spiro atoms. The van der Waals surface area contributed by atoms with Gasteiger partial charge >= 0.3 is 0 Å². The molecule has 0 atom stereocenters. The maximum atomic E-state index is 5.00. The van der Waals surface area contributed by atoms with Crippen LogP contribution in [0.2, 0.25) is 0 Å². The topological polar surface area (TPSA) is 43.6 Å². The van der Waals surface area contributed by atoms with Gasteiger partial charge in [0.1, 0.15) is 0 Å². The second-order valence-electron chi connectivity index (χ2n) is 11.8. The summed E-state index contributed by atoms with van der Waals surface area (Å²) < 4.78 is 2.31. The molecule has 228 valence electrons. The van der Waals surface area contributed by atoms with Crippen molar-refractivity contribution < 1.29 is 0 Å². The molecule has 0 N–H and O–H groups in total. The van der Waals surface area contributed by atoms with Gasteiger partial charge in [-0.3, -0.25) is 0 Å². The van der Waals surface area contributed by atoms with Gasteiger partial charge < -0.3 is 4.57 Å². The van der Waals surface area contributed by atoms with Gasteiger partial charge in [0.2, 0.25) is 0 Å². The van der Waals surface area contributed by atoms with Crippen LogP contribution >= 0.6 is 0 Å². The van der Waals surface area contributed by atoms with Gasteiger partial charge in [-0.1, -0.05) is 140 Å². The van der Waals surface area contributed by atoms with Gasteiger partial charge in [0.05, 0.1) is 11.0 Å². The third-order valence-electron chi connectivity index (χ3n) is 8.80. The normalized spacial score (nSPS) is 12.2. The Kier molecular flexibility index (Phi) is 7.52. The maximum absolute atomic E-state index is 5.00. The van der Waals surface area contributed by atoms with Crippen molar-refractivity contribution >= 4 is 43.8 Å². The van der Waals surface area contributed by atoms with Crippen LogP contribution in [0.3, 0.4) is 0 Å². The van der Waals surface area contributed by atoms with Gasteiger partial charge in [0.15, 0.2) is 17.5 Å². The van der Waals surface area contributed by atoms with E-state index in [1.165, 1.54) is 21.5 Å². The fourth-order valence-corrected chi connectivity index (χ4v) is 6.42. The molecule has 4 heteroatoms. The smallest absolute Gasteiger partial charge is 0.164 e. The second kappa shape index (κ2) is 12.4. The molecule has 0 saturated heterocycles. The molecule has 0 saturated carbocycles. The van der Waals surface area contributed by atoms with E-state index >= 15 is 0 Å². The zero-order valence-corrected chi connectivity index (χ0v) is 26.6. The third kappa shape index (κ3) is 5.29. The zero-order valence-electron chi connectivity index (χ0n) is 26.6. The van der Waals surface area contributed by atoms with Crippen molar-refractivity contribution in [2.24, 2.45) is 0 Å². The minimum absolute atomic E-state index is 0.633. The molecule has 8 rings (SSSR count). The van der Waals surface area contributed by atoms with E-state index < -0.39 is 0 Å². The Morgan fingerprint density at radius 3 is 1.79 bits per heavy atom. The summed E-state index contributed by atoms with van der Waals surface area (Å²) in [6.07, 6.45) is 6.24. The van der Waals surface area contributed by atoms with Crippen molar-refractivity contribution in [3.05, 3.63) is 176 Å². The summed E-state index contributed by atoms with van der Waals surface area (Å²) in [6.45, 7) is 6.37. The number of hydrogen-bond acceptors (Lipinski definition) is 3. The fourth-order valence-electron chi connectivity index (χ4n) is 6.42. The molecule has 0 amide bonds.